The zero-order valence-corrected chi connectivity index (χ0v) is 46.5. The van der Waals surface area contributed by atoms with Crippen molar-refractivity contribution < 1.29 is 69.2 Å². The van der Waals surface area contributed by atoms with Crippen molar-refractivity contribution in [2.24, 2.45) is 5.73 Å². The van der Waals surface area contributed by atoms with E-state index in [2.05, 4.69) is 81.0 Å². The Morgan fingerprint density at radius 2 is 0.988 bits per heavy atom. The normalized spacial score (nSPS) is 12.8. The molecule has 2 saturated heterocycles. The predicted molar refractivity (Wildman–Crippen MR) is 304 cm³/mol. The minimum absolute atomic E-state index is 0.0118. The molecule has 0 saturated carbocycles. The van der Waals surface area contributed by atoms with Crippen LogP contribution in [0.3, 0.4) is 0 Å². The summed E-state index contributed by atoms with van der Waals surface area (Å²) in [5, 5.41) is 73.2. The molecule has 458 valence electrons. The average molecular weight is 1190 g/mol. The number of primary amides is 1. The molecule has 6 aromatic heterocycles. The fourth-order valence-corrected chi connectivity index (χ4v) is 7.32. The topological polar surface area (TPSA) is 484 Å². The van der Waals surface area contributed by atoms with Crippen LogP contribution in [0, 0.1) is 0 Å². The van der Waals surface area contributed by atoms with Gasteiger partial charge in [0.05, 0.1) is 19.0 Å². The molecule has 0 aromatic carbocycles. The molecule has 0 aliphatic carbocycles. The summed E-state index contributed by atoms with van der Waals surface area (Å²) in [6.45, 7) is 11.7. The number of amides is 2. The van der Waals surface area contributed by atoms with E-state index in [1.807, 2.05) is 22.6 Å². The molecule has 0 spiro atoms. The number of nitrogens with one attached hydrogen (secondary N) is 4. The number of aliphatic hydroxyl groups is 2. The first-order valence-corrected chi connectivity index (χ1v) is 26.5. The van der Waals surface area contributed by atoms with E-state index in [1.54, 1.807) is 12.5 Å². The average Bonchev–Trinajstić information content (AvgIpc) is 4.30. The van der Waals surface area contributed by atoms with Crippen molar-refractivity contribution in [3.05, 3.63) is 109 Å². The monoisotopic (exact) mass is 1190 g/mol. The lowest BCUT2D eigenvalue weighted by Gasteiger charge is -2.34. The molecule has 85 heavy (non-hydrogen) atoms. The fraction of sp³-hybridized carbons (Fsp3) is 0.431. The minimum atomic E-state index is -1.15. The number of carbonyl (C=O) groups is 6. The van der Waals surface area contributed by atoms with Crippen LogP contribution in [0.5, 0.6) is 0 Å². The van der Waals surface area contributed by atoms with Gasteiger partial charge in [0.2, 0.25) is 0 Å². The molecule has 1 unspecified atom stereocenters. The number of piperazine rings is 1. The summed E-state index contributed by atoms with van der Waals surface area (Å²) in [5.41, 5.74) is 5.00. The number of likely N-dealkylation sites (tertiary alicyclic amines) is 1. The second-order valence-electron chi connectivity index (χ2n) is 17.9. The number of imidazole rings is 1. The smallest absolute Gasteiger partial charge is 0.354 e. The molecule has 2 aliphatic rings. The number of carbonyl (C=O) groups excluding carboxylic acids is 1. The van der Waals surface area contributed by atoms with E-state index in [0.29, 0.717) is 75.8 Å². The minimum Gasteiger partial charge on any atom is -0.477 e. The highest BCUT2D eigenvalue weighted by Gasteiger charge is 2.21. The Labute approximate surface area is 486 Å². The fourth-order valence-electron chi connectivity index (χ4n) is 7.32. The van der Waals surface area contributed by atoms with Crippen molar-refractivity contribution in [2.75, 3.05) is 118 Å². The number of ether oxygens (including phenoxy) is 1. The van der Waals surface area contributed by atoms with Crippen LogP contribution < -0.4 is 31.9 Å². The second kappa shape index (κ2) is 38.0. The Balaban J connectivity index is 0.000000228. The quantitative estimate of drug-likeness (QED) is 0.0340. The summed E-state index contributed by atoms with van der Waals surface area (Å²) < 4.78 is 7.14. The van der Waals surface area contributed by atoms with E-state index in [9.17, 15) is 28.8 Å². The third-order valence-corrected chi connectivity index (χ3v) is 11.7. The Morgan fingerprint density at radius 3 is 1.40 bits per heavy atom. The van der Waals surface area contributed by atoms with Crippen LogP contribution in [0.2, 0.25) is 0 Å². The maximum Gasteiger partial charge on any atom is 0.354 e. The maximum absolute atomic E-state index is 11.0. The first-order chi connectivity index (χ1) is 41.0. The molecular weight excluding hydrogens is 1120 g/mol. The number of anilines is 5. The molecule has 2 fully saturated rings. The van der Waals surface area contributed by atoms with Crippen molar-refractivity contribution in [3.8, 4) is 0 Å². The number of carboxylic acid groups (broad SMARTS) is 5. The molecule has 2 amide bonds. The van der Waals surface area contributed by atoms with Gasteiger partial charge in [0.1, 0.15) is 60.7 Å². The summed E-state index contributed by atoms with van der Waals surface area (Å²) in [5.74, 6) is -2.93. The van der Waals surface area contributed by atoms with Gasteiger partial charge in [-0.05, 0) is 58.7 Å². The Kier molecular flexibility index (Phi) is 30.2. The highest BCUT2D eigenvalue weighted by atomic mass is 16.5. The number of rotatable bonds is 26. The summed E-state index contributed by atoms with van der Waals surface area (Å²) in [6.07, 6.45) is 15.9. The summed E-state index contributed by atoms with van der Waals surface area (Å²) >= 11 is 0. The molecule has 13 N–H and O–H groups in total. The van der Waals surface area contributed by atoms with Gasteiger partial charge in [0.15, 0.2) is 28.5 Å². The van der Waals surface area contributed by atoms with E-state index >= 15 is 0 Å². The maximum atomic E-state index is 11.0. The second-order valence-corrected chi connectivity index (χ2v) is 17.9. The highest BCUT2D eigenvalue weighted by molar-refractivity contribution is 5.88. The Morgan fingerprint density at radius 1 is 0.565 bits per heavy atom. The molecule has 8 heterocycles. The van der Waals surface area contributed by atoms with Crippen LogP contribution in [0.4, 0.5) is 33.9 Å². The number of hydrogen-bond donors (Lipinski definition) is 12. The highest BCUT2D eigenvalue weighted by Crippen LogP contribution is 2.15. The van der Waals surface area contributed by atoms with Crippen LogP contribution in [0.1, 0.15) is 91.5 Å². The van der Waals surface area contributed by atoms with Crippen molar-refractivity contribution in [1.29, 1.82) is 0 Å². The number of urea groups is 1. The van der Waals surface area contributed by atoms with Gasteiger partial charge >= 0.3 is 35.9 Å². The van der Waals surface area contributed by atoms with Gasteiger partial charge < -0.3 is 86.8 Å². The molecule has 6 aromatic rings. The van der Waals surface area contributed by atoms with Gasteiger partial charge in [-0.3, -0.25) is 0 Å². The molecule has 0 radical (unpaired) electrons. The standard InChI is InChI=1S/C12H18N4O2.C11H13N5O2.C10H13N5O3.C10H15N3O3.C8H11N3O4/c17-12(18)10-8-11(15-9-14-10)13-4-3-7-16-5-1-2-6-16;17-11(18)9-6-10(15-7-14-9)13-2-1-4-16-5-3-12-8-16;11-10(18)15-3-1-14(2-4-15)8-5-7(9(16)17)12-6-13-8;1-2-16-5-3-4-11-9-6-8(10(14)15)12-7-13-9;12-3-5(13)2-9-7-1-6(8(14)15)10-4-11-7/h8-9H,1-7H2,(H,17,18)(H,13,14,15);3,5-8H,1-2,4H2,(H,17,18)(H,13,14,15);5-6H,1-4H2,(H2,11,18)(H,16,17);6-7H,2-5H2,1H3,(H,14,15)(H,11,12,13);1,4-5,12-13H,2-3H2,(H,14,15)(H,9,10,11). The number of aromatic nitrogens is 12. The molecule has 8 rings (SSSR count). The summed E-state index contributed by atoms with van der Waals surface area (Å²) in [7, 11) is 0. The van der Waals surface area contributed by atoms with Crippen molar-refractivity contribution >= 4 is 65.0 Å². The SMILES string of the molecule is CCOCCCNc1cc(C(=O)O)ncn1.NC(=O)N1CCN(c2cc(C(=O)O)ncn2)CC1.O=C(O)c1cc(NCC(O)CO)ncn1.O=C(O)c1cc(NCCCN2CCCC2)ncn1.O=C(O)c1cc(NCCCn2ccnc2)ncn1. The first kappa shape index (κ1) is 67.6. The third-order valence-electron chi connectivity index (χ3n) is 11.7. The zero-order valence-electron chi connectivity index (χ0n) is 46.5. The number of aromatic carboxylic acids is 5. The van der Waals surface area contributed by atoms with E-state index in [-0.39, 0.29) is 47.4 Å². The molecule has 34 heteroatoms. The van der Waals surface area contributed by atoms with E-state index in [4.69, 9.17) is 46.2 Å². The van der Waals surface area contributed by atoms with Crippen LogP contribution in [-0.2, 0) is 11.3 Å². The van der Waals surface area contributed by atoms with Gasteiger partial charge in [-0.25, -0.2) is 83.6 Å². The first-order valence-electron chi connectivity index (χ1n) is 26.5. The lowest BCUT2D eigenvalue weighted by atomic mass is 10.3. The molecule has 2 aliphatic heterocycles. The molecule has 34 nitrogen and oxygen atoms in total. The number of carboxylic acids is 5. The Bertz CT molecular complexity index is 2990. The zero-order chi connectivity index (χ0) is 61.8. The van der Waals surface area contributed by atoms with E-state index in [1.165, 1.54) is 86.5 Å². The van der Waals surface area contributed by atoms with E-state index in [0.717, 1.165) is 45.2 Å². The summed E-state index contributed by atoms with van der Waals surface area (Å²) in [6, 6.07) is 6.50. The van der Waals surface area contributed by atoms with Crippen LogP contribution in [0.25, 0.3) is 0 Å². The number of aryl methyl sites for hydroxylation is 1. The number of aliphatic hydroxyl groups excluding tert-OH is 2. The van der Waals surface area contributed by atoms with Gasteiger partial charge in [-0.1, -0.05) is 0 Å². The largest absolute Gasteiger partial charge is 0.477 e. The van der Waals surface area contributed by atoms with Gasteiger partial charge in [0.25, 0.3) is 0 Å². The van der Waals surface area contributed by atoms with Gasteiger partial charge in [-0.15, -0.1) is 0 Å². The van der Waals surface area contributed by atoms with Crippen LogP contribution >= 0.6 is 0 Å². The Hall–Kier alpha value is -9.93. The van der Waals surface area contributed by atoms with Crippen molar-refractivity contribution in [3.63, 3.8) is 0 Å². The number of hydrogen-bond acceptors (Lipinski definition) is 26. The van der Waals surface area contributed by atoms with Crippen LogP contribution in [0.15, 0.2) is 80.7 Å². The van der Waals surface area contributed by atoms with Crippen molar-refractivity contribution in [2.45, 2.75) is 51.7 Å². The van der Waals surface area contributed by atoms with E-state index < -0.39 is 42.0 Å². The van der Waals surface area contributed by atoms with Crippen molar-refractivity contribution in [1.82, 2.24) is 69.2 Å². The third kappa shape index (κ3) is 26.7. The summed E-state index contributed by atoms with van der Waals surface area (Å²) in [4.78, 5) is 112. The van der Waals surface area contributed by atoms with Gasteiger partial charge in [-0.2, -0.15) is 0 Å². The number of nitrogens with two attached hydrogens (primary N) is 1. The van der Waals surface area contributed by atoms with Crippen LogP contribution in [-0.4, -0.2) is 239 Å². The lowest BCUT2D eigenvalue weighted by Crippen LogP contribution is -2.50. The number of nitrogens with zero attached hydrogens (tertiary/aromatic N) is 15. The lowest BCUT2D eigenvalue weighted by molar-refractivity contribution is 0.0679. The van der Waals surface area contributed by atoms with Gasteiger partial charge in [0, 0.05) is 115 Å². The molecular formula is C51H70N20O14. The molecule has 1 atom stereocenters. The predicted octanol–water partition coefficient (Wildman–Crippen LogP) is 1.27. The molecule has 0 bridgehead atoms.